The van der Waals surface area contributed by atoms with Crippen molar-refractivity contribution in [3.05, 3.63) is 24.5 Å². The van der Waals surface area contributed by atoms with E-state index in [4.69, 9.17) is 5.11 Å². The summed E-state index contributed by atoms with van der Waals surface area (Å²) < 4.78 is 0. The normalized spacial score (nSPS) is 12.3. The van der Waals surface area contributed by atoms with Gasteiger partial charge >= 0.3 is 5.97 Å². The molecule has 0 saturated carbocycles. The number of rotatable bonds is 6. The topological polar surface area (TPSA) is 88.0 Å². The van der Waals surface area contributed by atoms with Crippen LogP contribution in [-0.4, -0.2) is 32.6 Å². The number of aliphatic carboxylic acids is 1. The summed E-state index contributed by atoms with van der Waals surface area (Å²) in [7, 11) is 0. The van der Waals surface area contributed by atoms with Crippen LogP contribution in [0.2, 0.25) is 0 Å². The molecule has 0 spiro atoms. The number of pyridine rings is 1. The molecule has 0 amide bonds. The molecule has 2 rings (SSSR count). The maximum Gasteiger partial charge on any atom is 0.306 e. The second-order valence-corrected chi connectivity index (χ2v) is 4.40. The number of nitrogens with zero attached hydrogens (tertiary/aromatic N) is 3. The summed E-state index contributed by atoms with van der Waals surface area (Å²) in [6, 6.07) is 3.70. The summed E-state index contributed by atoms with van der Waals surface area (Å²) in [5, 5.41) is 11.9. The van der Waals surface area contributed by atoms with Gasteiger partial charge in [0.05, 0.1) is 5.92 Å². The first-order valence-corrected chi connectivity index (χ1v) is 6.21. The Balaban J connectivity index is 1.86. The standard InChI is InChI=1S/C13H16N4O2/c1-9(13(18)19)3-2-6-15-11-5-4-10-12(17-11)16-8-7-14-10/h4-5,7-9H,2-3,6H2,1H3,(H,18,19)(H,15,16,17). The monoisotopic (exact) mass is 260 g/mol. The summed E-state index contributed by atoms with van der Waals surface area (Å²) in [6.07, 6.45) is 4.67. The van der Waals surface area contributed by atoms with Crippen LogP contribution in [0.3, 0.4) is 0 Å². The highest BCUT2D eigenvalue weighted by Gasteiger charge is 2.09. The van der Waals surface area contributed by atoms with Crippen LogP contribution in [0.25, 0.3) is 11.2 Å². The average molecular weight is 260 g/mol. The SMILES string of the molecule is CC(CCCNc1ccc2nccnc2n1)C(=O)O. The fourth-order valence-electron chi connectivity index (χ4n) is 1.70. The van der Waals surface area contributed by atoms with Crippen molar-refractivity contribution in [3.63, 3.8) is 0 Å². The van der Waals surface area contributed by atoms with E-state index in [1.807, 2.05) is 12.1 Å². The van der Waals surface area contributed by atoms with Gasteiger partial charge in [-0.1, -0.05) is 6.92 Å². The van der Waals surface area contributed by atoms with Crippen molar-refractivity contribution in [2.75, 3.05) is 11.9 Å². The first kappa shape index (κ1) is 13.2. The maximum atomic E-state index is 10.7. The minimum absolute atomic E-state index is 0.308. The van der Waals surface area contributed by atoms with E-state index in [0.29, 0.717) is 18.6 Å². The molecule has 6 nitrogen and oxygen atoms in total. The quantitative estimate of drug-likeness (QED) is 0.772. The van der Waals surface area contributed by atoms with Crippen LogP contribution in [0.4, 0.5) is 5.82 Å². The molecule has 2 aromatic heterocycles. The number of carboxylic acid groups (broad SMARTS) is 1. The minimum atomic E-state index is -0.751. The van der Waals surface area contributed by atoms with E-state index < -0.39 is 5.97 Å². The Morgan fingerprint density at radius 2 is 2.16 bits per heavy atom. The van der Waals surface area contributed by atoms with Crippen molar-refractivity contribution < 1.29 is 9.90 Å². The Hall–Kier alpha value is -2.24. The molecule has 0 saturated heterocycles. The molecule has 0 bridgehead atoms. The smallest absolute Gasteiger partial charge is 0.306 e. The van der Waals surface area contributed by atoms with Crippen LogP contribution in [-0.2, 0) is 4.79 Å². The lowest BCUT2D eigenvalue weighted by Crippen LogP contribution is -2.12. The predicted octanol–water partition coefficient (Wildman–Crippen LogP) is 1.94. The summed E-state index contributed by atoms with van der Waals surface area (Å²) in [6.45, 7) is 2.41. The molecule has 0 aliphatic rings. The Kier molecular flexibility index (Phi) is 4.22. The lowest BCUT2D eigenvalue weighted by molar-refractivity contribution is -0.141. The number of nitrogens with one attached hydrogen (secondary N) is 1. The molecule has 0 radical (unpaired) electrons. The van der Waals surface area contributed by atoms with E-state index in [-0.39, 0.29) is 5.92 Å². The Bertz CT molecular complexity index is 573. The van der Waals surface area contributed by atoms with Crippen molar-refractivity contribution in [2.45, 2.75) is 19.8 Å². The van der Waals surface area contributed by atoms with Gasteiger partial charge in [0.2, 0.25) is 0 Å². The number of aromatic nitrogens is 3. The summed E-state index contributed by atoms with van der Waals surface area (Å²) in [5.41, 5.74) is 1.36. The largest absolute Gasteiger partial charge is 0.481 e. The van der Waals surface area contributed by atoms with Crippen LogP contribution in [0.15, 0.2) is 24.5 Å². The van der Waals surface area contributed by atoms with Crippen molar-refractivity contribution in [2.24, 2.45) is 5.92 Å². The van der Waals surface area contributed by atoms with Crippen LogP contribution in [0, 0.1) is 5.92 Å². The predicted molar refractivity (Wildman–Crippen MR) is 71.9 cm³/mol. The molecule has 1 unspecified atom stereocenters. The molecule has 0 fully saturated rings. The molecule has 2 aromatic rings. The highest BCUT2D eigenvalue weighted by atomic mass is 16.4. The van der Waals surface area contributed by atoms with Crippen LogP contribution < -0.4 is 5.32 Å². The second kappa shape index (κ2) is 6.08. The van der Waals surface area contributed by atoms with Crippen molar-refractivity contribution in [1.82, 2.24) is 15.0 Å². The van der Waals surface area contributed by atoms with Crippen LogP contribution in [0.1, 0.15) is 19.8 Å². The first-order valence-electron chi connectivity index (χ1n) is 6.21. The third kappa shape index (κ3) is 3.61. The van der Waals surface area contributed by atoms with Gasteiger partial charge in [-0.2, -0.15) is 0 Å². The minimum Gasteiger partial charge on any atom is -0.481 e. The van der Waals surface area contributed by atoms with E-state index in [1.54, 1.807) is 19.3 Å². The van der Waals surface area contributed by atoms with Gasteiger partial charge in [0.1, 0.15) is 11.3 Å². The first-order chi connectivity index (χ1) is 9.16. The average Bonchev–Trinajstić information content (AvgIpc) is 2.43. The number of carboxylic acids is 1. The fourth-order valence-corrected chi connectivity index (χ4v) is 1.70. The third-order valence-corrected chi connectivity index (χ3v) is 2.87. The van der Waals surface area contributed by atoms with E-state index >= 15 is 0 Å². The third-order valence-electron chi connectivity index (χ3n) is 2.87. The number of fused-ring (bicyclic) bond motifs is 1. The molecule has 0 aromatic carbocycles. The number of hydrogen-bond donors (Lipinski definition) is 2. The van der Waals surface area contributed by atoms with E-state index in [1.165, 1.54) is 0 Å². The lowest BCUT2D eigenvalue weighted by atomic mass is 10.1. The Morgan fingerprint density at radius 1 is 1.37 bits per heavy atom. The Morgan fingerprint density at radius 3 is 2.95 bits per heavy atom. The molecular weight excluding hydrogens is 244 g/mol. The van der Waals surface area contributed by atoms with E-state index in [2.05, 4.69) is 20.3 Å². The van der Waals surface area contributed by atoms with Crippen molar-refractivity contribution >= 4 is 23.0 Å². The van der Waals surface area contributed by atoms with Crippen LogP contribution >= 0.6 is 0 Å². The molecule has 2 heterocycles. The number of carbonyl (C=O) groups is 1. The summed E-state index contributed by atoms with van der Waals surface area (Å²) >= 11 is 0. The van der Waals surface area contributed by atoms with Gasteiger partial charge in [0.15, 0.2) is 5.65 Å². The molecule has 6 heteroatoms. The molecule has 2 N–H and O–H groups in total. The molecule has 0 aliphatic heterocycles. The second-order valence-electron chi connectivity index (χ2n) is 4.40. The van der Waals surface area contributed by atoms with Gasteiger partial charge < -0.3 is 10.4 Å². The van der Waals surface area contributed by atoms with Gasteiger partial charge in [-0.15, -0.1) is 0 Å². The summed E-state index contributed by atoms with van der Waals surface area (Å²) in [5.74, 6) is -0.327. The maximum absolute atomic E-state index is 10.7. The van der Waals surface area contributed by atoms with Gasteiger partial charge in [-0.05, 0) is 25.0 Å². The highest BCUT2D eigenvalue weighted by molar-refractivity contribution is 5.71. The number of anilines is 1. The van der Waals surface area contributed by atoms with Gasteiger partial charge in [-0.3, -0.25) is 9.78 Å². The zero-order valence-electron chi connectivity index (χ0n) is 10.7. The molecular formula is C13H16N4O2. The highest BCUT2D eigenvalue weighted by Crippen LogP contribution is 2.11. The van der Waals surface area contributed by atoms with Crippen LogP contribution in [0.5, 0.6) is 0 Å². The number of hydrogen-bond acceptors (Lipinski definition) is 5. The molecule has 100 valence electrons. The van der Waals surface area contributed by atoms with E-state index in [9.17, 15) is 4.79 Å². The molecule has 0 aliphatic carbocycles. The summed E-state index contributed by atoms with van der Waals surface area (Å²) in [4.78, 5) is 23.3. The van der Waals surface area contributed by atoms with Gasteiger partial charge in [-0.25, -0.2) is 9.97 Å². The van der Waals surface area contributed by atoms with Crippen molar-refractivity contribution in [3.8, 4) is 0 Å². The molecule has 19 heavy (non-hydrogen) atoms. The van der Waals surface area contributed by atoms with E-state index in [0.717, 1.165) is 17.8 Å². The fraction of sp³-hybridized carbons (Fsp3) is 0.385. The van der Waals surface area contributed by atoms with Gasteiger partial charge in [0.25, 0.3) is 0 Å². The zero-order chi connectivity index (χ0) is 13.7. The molecule has 1 atom stereocenters. The Labute approximate surface area is 110 Å². The lowest BCUT2D eigenvalue weighted by Gasteiger charge is -2.08. The zero-order valence-corrected chi connectivity index (χ0v) is 10.7. The van der Waals surface area contributed by atoms with Gasteiger partial charge in [0, 0.05) is 18.9 Å². The van der Waals surface area contributed by atoms with Crippen molar-refractivity contribution in [1.29, 1.82) is 0 Å².